The van der Waals surface area contributed by atoms with E-state index in [0.717, 1.165) is 25.3 Å². The summed E-state index contributed by atoms with van der Waals surface area (Å²) in [6, 6.07) is 0.749. The monoisotopic (exact) mass is 252 g/mol. The van der Waals surface area contributed by atoms with E-state index in [2.05, 4.69) is 24.5 Å². The summed E-state index contributed by atoms with van der Waals surface area (Å²) < 4.78 is 0. The van der Waals surface area contributed by atoms with Crippen LogP contribution < -0.4 is 10.6 Å². The highest BCUT2D eigenvalue weighted by Gasteiger charge is 2.26. The Kier molecular flexibility index (Phi) is 5.04. The minimum Gasteiger partial charge on any atom is -0.352 e. The van der Waals surface area contributed by atoms with Gasteiger partial charge in [0.05, 0.1) is 0 Å². The predicted molar refractivity (Wildman–Crippen MR) is 74.4 cm³/mol. The minimum atomic E-state index is 0.183. The van der Waals surface area contributed by atoms with Gasteiger partial charge in [0.1, 0.15) is 0 Å². The third kappa shape index (κ3) is 3.71. The second kappa shape index (κ2) is 6.55. The van der Waals surface area contributed by atoms with E-state index in [4.69, 9.17) is 0 Å². The summed E-state index contributed by atoms with van der Waals surface area (Å²) in [4.78, 5) is 12.2. The van der Waals surface area contributed by atoms with Crippen molar-refractivity contribution < 1.29 is 4.79 Å². The molecular weight excluding hydrogens is 224 g/mol. The normalized spacial score (nSPS) is 31.2. The Bertz CT molecular complexity index is 274. The Balaban J connectivity index is 1.75. The van der Waals surface area contributed by atoms with Gasteiger partial charge in [-0.2, -0.15) is 0 Å². The Hall–Kier alpha value is -0.570. The van der Waals surface area contributed by atoms with Gasteiger partial charge in [0.25, 0.3) is 0 Å². The maximum Gasteiger partial charge on any atom is 0.223 e. The van der Waals surface area contributed by atoms with Crippen molar-refractivity contribution in [3.63, 3.8) is 0 Å². The smallest absolute Gasteiger partial charge is 0.223 e. The zero-order valence-corrected chi connectivity index (χ0v) is 11.9. The topological polar surface area (TPSA) is 41.1 Å². The van der Waals surface area contributed by atoms with Crippen molar-refractivity contribution in [1.29, 1.82) is 0 Å². The largest absolute Gasteiger partial charge is 0.352 e. The molecule has 2 fully saturated rings. The first-order valence-electron chi connectivity index (χ1n) is 7.70. The predicted octanol–water partition coefficient (Wildman–Crippen LogP) is 2.46. The molecule has 1 aliphatic heterocycles. The van der Waals surface area contributed by atoms with E-state index >= 15 is 0 Å². The molecule has 1 amide bonds. The summed E-state index contributed by atoms with van der Waals surface area (Å²) in [7, 11) is 0. The van der Waals surface area contributed by atoms with Crippen LogP contribution in [0.5, 0.6) is 0 Å². The van der Waals surface area contributed by atoms with Crippen molar-refractivity contribution >= 4 is 5.91 Å². The number of amides is 1. The van der Waals surface area contributed by atoms with Crippen LogP contribution in [0.15, 0.2) is 0 Å². The van der Waals surface area contributed by atoms with Crippen molar-refractivity contribution in [1.82, 2.24) is 10.6 Å². The fraction of sp³-hybridized carbons (Fsp3) is 0.933. The van der Waals surface area contributed by atoms with E-state index in [1.165, 1.54) is 32.1 Å². The summed E-state index contributed by atoms with van der Waals surface area (Å²) in [6.45, 7) is 5.35. The lowest BCUT2D eigenvalue weighted by Crippen LogP contribution is -2.52. The highest BCUT2D eigenvalue weighted by Crippen LogP contribution is 2.30. The van der Waals surface area contributed by atoms with Gasteiger partial charge in [-0.05, 0) is 38.6 Å². The van der Waals surface area contributed by atoms with Gasteiger partial charge in [0.15, 0.2) is 0 Å². The molecule has 0 bridgehead atoms. The molecule has 1 saturated carbocycles. The van der Waals surface area contributed by atoms with E-state index in [1.807, 2.05) is 0 Å². The second-order valence-corrected chi connectivity index (χ2v) is 6.29. The first-order valence-corrected chi connectivity index (χ1v) is 7.70. The van der Waals surface area contributed by atoms with Crippen LogP contribution in [-0.2, 0) is 4.79 Å². The van der Waals surface area contributed by atoms with Crippen LogP contribution in [0.1, 0.15) is 58.8 Å². The van der Waals surface area contributed by atoms with Crippen LogP contribution in [0.3, 0.4) is 0 Å². The highest BCUT2D eigenvalue weighted by atomic mass is 16.1. The molecule has 2 N–H and O–H groups in total. The Labute approximate surface area is 111 Å². The molecule has 3 nitrogen and oxygen atoms in total. The van der Waals surface area contributed by atoms with E-state index < -0.39 is 0 Å². The molecule has 0 radical (unpaired) electrons. The first kappa shape index (κ1) is 13.9. The lowest BCUT2D eigenvalue weighted by atomic mass is 9.93. The standard InChI is InChI=1S/C15H28N2O/c1-11(10-13-6-3-4-7-13)15(18)17-14-8-5-9-16-12(14)2/h11-14,16H,3-10H2,1-2H3,(H,17,18). The number of rotatable bonds is 4. The number of carbonyl (C=O) groups is 1. The summed E-state index contributed by atoms with van der Waals surface area (Å²) in [5.41, 5.74) is 0. The number of hydrogen-bond donors (Lipinski definition) is 2. The fourth-order valence-electron chi connectivity index (χ4n) is 3.42. The van der Waals surface area contributed by atoms with Gasteiger partial charge in [-0.3, -0.25) is 4.79 Å². The molecule has 3 unspecified atom stereocenters. The first-order chi connectivity index (χ1) is 8.66. The molecule has 0 aromatic rings. The zero-order chi connectivity index (χ0) is 13.0. The SMILES string of the molecule is CC(CC1CCCC1)C(=O)NC1CCCNC1C. The molecule has 0 spiro atoms. The van der Waals surface area contributed by atoms with Gasteiger partial charge in [-0.15, -0.1) is 0 Å². The van der Waals surface area contributed by atoms with Gasteiger partial charge in [0.2, 0.25) is 5.91 Å². The molecule has 2 rings (SSSR count). The number of carbonyl (C=O) groups excluding carboxylic acids is 1. The average Bonchev–Trinajstić information content (AvgIpc) is 2.84. The van der Waals surface area contributed by atoms with Crippen molar-refractivity contribution in [2.24, 2.45) is 11.8 Å². The summed E-state index contributed by atoms with van der Waals surface area (Å²) in [5, 5.41) is 6.68. The molecule has 3 atom stereocenters. The van der Waals surface area contributed by atoms with Gasteiger partial charge in [0, 0.05) is 18.0 Å². The van der Waals surface area contributed by atoms with Crippen LogP contribution >= 0.6 is 0 Å². The Morgan fingerprint density at radius 1 is 1.28 bits per heavy atom. The summed E-state index contributed by atoms with van der Waals surface area (Å²) in [6.07, 6.45) is 8.77. The molecule has 1 saturated heterocycles. The zero-order valence-electron chi connectivity index (χ0n) is 11.9. The van der Waals surface area contributed by atoms with Crippen LogP contribution in [0.2, 0.25) is 0 Å². The quantitative estimate of drug-likeness (QED) is 0.807. The Morgan fingerprint density at radius 3 is 2.67 bits per heavy atom. The van der Waals surface area contributed by atoms with Gasteiger partial charge in [-0.1, -0.05) is 32.6 Å². The lowest BCUT2D eigenvalue weighted by molar-refractivity contribution is -0.126. The van der Waals surface area contributed by atoms with Crippen molar-refractivity contribution in [3.05, 3.63) is 0 Å². The van der Waals surface area contributed by atoms with Crippen LogP contribution in [0.4, 0.5) is 0 Å². The highest BCUT2D eigenvalue weighted by molar-refractivity contribution is 5.78. The van der Waals surface area contributed by atoms with Crippen LogP contribution in [-0.4, -0.2) is 24.5 Å². The van der Waals surface area contributed by atoms with E-state index in [0.29, 0.717) is 12.1 Å². The fourth-order valence-corrected chi connectivity index (χ4v) is 3.42. The van der Waals surface area contributed by atoms with E-state index in [1.54, 1.807) is 0 Å². The van der Waals surface area contributed by atoms with Crippen molar-refractivity contribution in [2.45, 2.75) is 70.9 Å². The van der Waals surface area contributed by atoms with Gasteiger partial charge >= 0.3 is 0 Å². The molecule has 0 aromatic heterocycles. The van der Waals surface area contributed by atoms with Crippen LogP contribution in [0.25, 0.3) is 0 Å². The third-order valence-corrected chi connectivity index (χ3v) is 4.70. The maximum absolute atomic E-state index is 12.2. The average molecular weight is 252 g/mol. The van der Waals surface area contributed by atoms with Crippen LogP contribution in [0, 0.1) is 11.8 Å². The molecule has 0 aromatic carbocycles. The van der Waals surface area contributed by atoms with Crippen molar-refractivity contribution in [2.75, 3.05) is 6.54 Å². The molecule has 104 valence electrons. The van der Waals surface area contributed by atoms with Gasteiger partial charge in [-0.25, -0.2) is 0 Å². The minimum absolute atomic E-state index is 0.183. The second-order valence-electron chi connectivity index (χ2n) is 6.29. The third-order valence-electron chi connectivity index (χ3n) is 4.70. The lowest BCUT2D eigenvalue weighted by Gasteiger charge is -2.31. The number of nitrogens with one attached hydrogen (secondary N) is 2. The van der Waals surface area contributed by atoms with E-state index in [9.17, 15) is 4.79 Å². The molecule has 18 heavy (non-hydrogen) atoms. The molecule has 1 heterocycles. The number of piperidine rings is 1. The van der Waals surface area contributed by atoms with E-state index in [-0.39, 0.29) is 11.8 Å². The van der Waals surface area contributed by atoms with Crippen molar-refractivity contribution in [3.8, 4) is 0 Å². The molecule has 3 heteroatoms. The maximum atomic E-state index is 12.2. The molecular formula is C15H28N2O. The summed E-state index contributed by atoms with van der Waals surface area (Å²) in [5.74, 6) is 1.25. The van der Waals surface area contributed by atoms with Gasteiger partial charge < -0.3 is 10.6 Å². The molecule has 2 aliphatic rings. The molecule has 1 aliphatic carbocycles. The number of hydrogen-bond acceptors (Lipinski definition) is 2. The Morgan fingerprint density at radius 2 is 2.00 bits per heavy atom. The summed E-state index contributed by atoms with van der Waals surface area (Å²) >= 11 is 0.